The summed E-state index contributed by atoms with van der Waals surface area (Å²) in [6.07, 6.45) is 0.731. The maximum absolute atomic E-state index is 10.3. The molecule has 70 valence electrons. The van der Waals surface area contributed by atoms with E-state index in [1.54, 1.807) is 6.07 Å². The standard InChI is InChI=1S/C10H11ClO2/c1-7-6-8(2-4-9(7)11)3-5-10(12)13/h2,4,6H,3,5H2,1H3,(H,12,13). The van der Waals surface area contributed by atoms with Crippen LogP contribution >= 0.6 is 11.6 Å². The number of carboxylic acid groups (broad SMARTS) is 1. The fourth-order valence-electron chi connectivity index (χ4n) is 1.11. The Balaban J connectivity index is 2.68. The highest BCUT2D eigenvalue weighted by atomic mass is 35.5. The maximum Gasteiger partial charge on any atom is 0.303 e. The predicted octanol–water partition coefficient (Wildman–Crippen LogP) is 2.67. The van der Waals surface area contributed by atoms with Crippen LogP contribution in [0.5, 0.6) is 0 Å². The minimum absolute atomic E-state index is 0.168. The monoisotopic (exact) mass is 198 g/mol. The molecular formula is C10H11ClO2. The van der Waals surface area contributed by atoms with E-state index in [0.29, 0.717) is 6.42 Å². The third-order valence-corrected chi connectivity index (χ3v) is 2.27. The van der Waals surface area contributed by atoms with Crippen LogP contribution in [0.3, 0.4) is 0 Å². The van der Waals surface area contributed by atoms with Crippen molar-refractivity contribution in [2.24, 2.45) is 0 Å². The molecule has 0 unspecified atom stereocenters. The summed E-state index contributed by atoms with van der Waals surface area (Å²) < 4.78 is 0. The third-order valence-electron chi connectivity index (χ3n) is 1.85. The highest BCUT2D eigenvalue weighted by molar-refractivity contribution is 6.31. The summed E-state index contributed by atoms with van der Waals surface area (Å²) >= 11 is 5.83. The number of benzene rings is 1. The molecule has 1 aromatic rings. The molecule has 13 heavy (non-hydrogen) atoms. The molecule has 0 aliphatic rings. The Morgan fingerprint density at radius 2 is 2.23 bits per heavy atom. The van der Waals surface area contributed by atoms with Gasteiger partial charge in [0, 0.05) is 11.4 Å². The van der Waals surface area contributed by atoms with Gasteiger partial charge in [0.1, 0.15) is 0 Å². The lowest BCUT2D eigenvalue weighted by atomic mass is 10.1. The van der Waals surface area contributed by atoms with E-state index < -0.39 is 5.97 Å². The Morgan fingerprint density at radius 1 is 1.54 bits per heavy atom. The number of carboxylic acids is 1. The second-order valence-electron chi connectivity index (χ2n) is 2.98. The van der Waals surface area contributed by atoms with E-state index in [0.717, 1.165) is 16.1 Å². The van der Waals surface area contributed by atoms with Crippen LogP contribution in [0.25, 0.3) is 0 Å². The van der Waals surface area contributed by atoms with Gasteiger partial charge in [-0.2, -0.15) is 0 Å². The highest BCUT2D eigenvalue weighted by Gasteiger charge is 2.00. The van der Waals surface area contributed by atoms with Crippen molar-refractivity contribution < 1.29 is 9.90 Å². The SMILES string of the molecule is Cc1cc(CCC(=O)O)ccc1Cl. The molecule has 0 amide bonds. The van der Waals surface area contributed by atoms with Crippen molar-refractivity contribution in [1.82, 2.24) is 0 Å². The summed E-state index contributed by atoms with van der Waals surface area (Å²) in [7, 11) is 0. The van der Waals surface area contributed by atoms with Gasteiger partial charge in [-0.15, -0.1) is 0 Å². The van der Waals surface area contributed by atoms with Crippen molar-refractivity contribution in [3.63, 3.8) is 0 Å². The minimum atomic E-state index is -0.771. The lowest BCUT2D eigenvalue weighted by Gasteiger charge is -2.01. The van der Waals surface area contributed by atoms with E-state index in [4.69, 9.17) is 16.7 Å². The Morgan fingerprint density at radius 3 is 2.77 bits per heavy atom. The van der Waals surface area contributed by atoms with Crippen molar-refractivity contribution in [1.29, 1.82) is 0 Å². The fraction of sp³-hybridized carbons (Fsp3) is 0.300. The van der Waals surface area contributed by atoms with Crippen LogP contribution in [0, 0.1) is 6.92 Å². The lowest BCUT2D eigenvalue weighted by Crippen LogP contribution is -1.97. The molecule has 0 atom stereocenters. The number of halogens is 1. The molecule has 0 bridgehead atoms. The topological polar surface area (TPSA) is 37.3 Å². The van der Waals surface area contributed by atoms with Gasteiger partial charge < -0.3 is 5.11 Å². The lowest BCUT2D eigenvalue weighted by molar-refractivity contribution is -0.136. The van der Waals surface area contributed by atoms with Gasteiger partial charge in [0.05, 0.1) is 0 Å². The van der Waals surface area contributed by atoms with Gasteiger partial charge in [-0.3, -0.25) is 4.79 Å². The Hall–Kier alpha value is -1.02. The number of aryl methyl sites for hydroxylation is 2. The minimum Gasteiger partial charge on any atom is -0.481 e. The summed E-state index contributed by atoms with van der Waals surface area (Å²) in [4.78, 5) is 10.3. The van der Waals surface area contributed by atoms with E-state index in [2.05, 4.69) is 0 Å². The predicted molar refractivity (Wildman–Crippen MR) is 52.1 cm³/mol. The van der Waals surface area contributed by atoms with Crippen LogP contribution in [0.2, 0.25) is 5.02 Å². The summed E-state index contributed by atoms with van der Waals surface area (Å²) in [5.41, 5.74) is 2.01. The second-order valence-corrected chi connectivity index (χ2v) is 3.38. The maximum atomic E-state index is 10.3. The normalized spacial score (nSPS) is 10.0. The molecule has 3 heteroatoms. The van der Waals surface area contributed by atoms with E-state index in [1.165, 1.54) is 0 Å². The van der Waals surface area contributed by atoms with Crippen LogP contribution in [-0.2, 0) is 11.2 Å². The third kappa shape index (κ3) is 3.07. The molecule has 1 rings (SSSR count). The van der Waals surface area contributed by atoms with Crippen molar-refractivity contribution in [2.75, 3.05) is 0 Å². The fourth-order valence-corrected chi connectivity index (χ4v) is 1.23. The molecule has 0 radical (unpaired) electrons. The number of rotatable bonds is 3. The van der Waals surface area contributed by atoms with E-state index in [9.17, 15) is 4.79 Å². The molecule has 0 heterocycles. The number of aliphatic carboxylic acids is 1. The van der Waals surface area contributed by atoms with Crippen LogP contribution in [0.1, 0.15) is 17.5 Å². The van der Waals surface area contributed by atoms with Crippen molar-refractivity contribution >= 4 is 17.6 Å². The zero-order chi connectivity index (χ0) is 9.84. The molecule has 0 fully saturated rings. The van der Waals surface area contributed by atoms with Gasteiger partial charge >= 0.3 is 5.97 Å². The zero-order valence-corrected chi connectivity index (χ0v) is 8.14. The van der Waals surface area contributed by atoms with Crippen LogP contribution in [0.15, 0.2) is 18.2 Å². The molecular weight excluding hydrogens is 188 g/mol. The van der Waals surface area contributed by atoms with Gasteiger partial charge in [-0.1, -0.05) is 23.7 Å². The first-order valence-electron chi connectivity index (χ1n) is 4.06. The van der Waals surface area contributed by atoms with Gasteiger partial charge in [0.25, 0.3) is 0 Å². The van der Waals surface area contributed by atoms with Crippen LogP contribution < -0.4 is 0 Å². The molecule has 0 aromatic heterocycles. The smallest absolute Gasteiger partial charge is 0.303 e. The summed E-state index contributed by atoms with van der Waals surface area (Å²) in [5, 5.41) is 9.19. The number of carbonyl (C=O) groups is 1. The molecule has 0 aliphatic carbocycles. The highest BCUT2D eigenvalue weighted by Crippen LogP contribution is 2.16. The first kappa shape index (κ1) is 10.1. The average Bonchev–Trinajstić information content (AvgIpc) is 2.07. The van der Waals surface area contributed by atoms with E-state index >= 15 is 0 Å². The van der Waals surface area contributed by atoms with E-state index in [1.807, 2.05) is 19.1 Å². The van der Waals surface area contributed by atoms with E-state index in [-0.39, 0.29) is 6.42 Å². The molecule has 1 N–H and O–H groups in total. The van der Waals surface area contributed by atoms with Gasteiger partial charge in [0.2, 0.25) is 0 Å². The molecule has 0 saturated carbocycles. The largest absolute Gasteiger partial charge is 0.481 e. The first-order chi connectivity index (χ1) is 6.09. The molecule has 2 nitrogen and oxygen atoms in total. The van der Waals surface area contributed by atoms with Gasteiger partial charge in [0.15, 0.2) is 0 Å². The zero-order valence-electron chi connectivity index (χ0n) is 7.38. The summed E-state index contributed by atoms with van der Waals surface area (Å²) in [6, 6.07) is 5.58. The van der Waals surface area contributed by atoms with Crippen LogP contribution in [-0.4, -0.2) is 11.1 Å². The number of hydrogen-bond donors (Lipinski definition) is 1. The van der Waals surface area contributed by atoms with Crippen molar-refractivity contribution in [3.05, 3.63) is 34.3 Å². The summed E-state index contributed by atoms with van der Waals surface area (Å²) in [5.74, 6) is -0.771. The molecule has 1 aromatic carbocycles. The second kappa shape index (κ2) is 4.28. The molecule has 0 saturated heterocycles. The average molecular weight is 199 g/mol. The quantitative estimate of drug-likeness (QED) is 0.811. The van der Waals surface area contributed by atoms with Crippen LogP contribution in [0.4, 0.5) is 0 Å². The van der Waals surface area contributed by atoms with Crippen molar-refractivity contribution in [3.8, 4) is 0 Å². The molecule has 0 spiro atoms. The Kier molecular flexibility index (Phi) is 3.32. The molecule has 0 aliphatic heterocycles. The van der Waals surface area contributed by atoms with Crippen molar-refractivity contribution in [2.45, 2.75) is 19.8 Å². The first-order valence-corrected chi connectivity index (χ1v) is 4.44. The number of hydrogen-bond acceptors (Lipinski definition) is 1. The Bertz CT molecular complexity index is 321. The summed E-state index contributed by atoms with van der Waals surface area (Å²) in [6.45, 7) is 1.91. The Labute approximate surface area is 82.2 Å². The van der Waals surface area contributed by atoms with Gasteiger partial charge in [-0.25, -0.2) is 0 Å². The van der Waals surface area contributed by atoms with Gasteiger partial charge in [-0.05, 0) is 30.5 Å².